The van der Waals surface area contributed by atoms with Gasteiger partial charge in [0.2, 0.25) is 0 Å². The van der Waals surface area contributed by atoms with Crippen LogP contribution in [0.15, 0.2) is 30.6 Å². The Hall–Kier alpha value is -2.13. The second-order valence-electron chi connectivity index (χ2n) is 8.25. The van der Waals surface area contributed by atoms with Gasteiger partial charge in [0.1, 0.15) is 18.5 Å². The molecule has 2 N–H and O–H groups in total. The van der Waals surface area contributed by atoms with Crippen LogP contribution in [0.2, 0.25) is 0 Å². The molecule has 1 aliphatic rings. The third kappa shape index (κ3) is 7.50. The summed E-state index contributed by atoms with van der Waals surface area (Å²) in [5.41, 5.74) is 1.11. The number of rotatable bonds is 11. The lowest BCUT2D eigenvalue weighted by molar-refractivity contribution is 0.0685. The predicted molar refractivity (Wildman–Crippen MR) is 122 cm³/mol. The molecule has 8 heteroatoms. The molecule has 0 bridgehead atoms. The summed E-state index contributed by atoms with van der Waals surface area (Å²) in [6.07, 6.45) is 4.41. The lowest BCUT2D eigenvalue weighted by atomic mass is 10.2. The molecule has 1 atom stereocenters. The first-order chi connectivity index (χ1) is 15.0. The van der Waals surface area contributed by atoms with Gasteiger partial charge in [-0.3, -0.25) is 4.90 Å². The summed E-state index contributed by atoms with van der Waals surface area (Å²) < 4.78 is 13.5. The number of nitrogens with one attached hydrogen (secondary N) is 1. The van der Waals surface area contributed by atoms with Crippen LogP contribution in [0.25, 0.3) is 0 Å². The zero-order valence-corrected chi connectivity index (χ0v) is 19.1. The molecule has 2 aromatic rings. The van der Waals surface area contributed by atoms with Gasteiger partial charge in [-0.05, 0) is 51.2 Å². The molecule has 2 heterocycles. The van der Waals surface area contributed by atoms with Gasteiger partial charge in [-0.25, -0.2) is 4.98 Å². The number of aliphatic hydroxyl groups excluding tert-OH is 1. The fourth-order valence-electron chi connectivity index (χ4n) is 3.84. The molecule has 1 fully saturated rings. The molecule has 0 radical (unpaired) electrons. The third-order valence-corrected chi connectivity index (χ3v) is 5.72. The molecule has 3 rings (SSSR count). The normalized spacial score (nSPS) is 16.8. The molecule has 172 valence electrons. The molecule has 8 nitrogen and oxygen atoms in total. The summed E-state index contributed by atoms with van der Waals surface area (Å²) in [5, 5.41) is 14.0. The molecule has 1 aliphatic heterocycles. The average Bonchev–Trinajstić information content (AvgIpc) is 3.06. The largest absolute Gasteiger partial charge is 0.493 e. The summed E-state index contributed by atoms with van der Waals surface area (Å²) in [4.78, 5) is 8.90. The molecule has 0 aliphatic carbocycles. The number of nitrogens with zero attached hydrogens (tertiary/aromatic N) is 4. The second kappa shape index (κ2) is 12.0. The van der Waals surface area contributed by atoms with Crippen LogP contribution in [0, 0.1) is 6.92 Å². The van der Waals surface area contributed by atoms with Gasteiger partial charge in [0.25, 0.3) is 0 Å². The highest BCUT2D eigenvalue weighted by molar-refractivity contribution is 5.43. The lowest BCUT2D eigenvalue weighted by Gasteiger charge is -2.23. The minimum Gasteiger partial charge on any atom is -0.493 e. The molecular weight excluding hydrogens is 394 g/mol. The van der Waals surface area contributed by atoms with Crippen LogP contribution in [0.5, 0.6) is 11.5 Å². The van der Waals surface area contributed by atoms with E-state index in [1.165, 1.54) is 0 Å². The van der Waals surface area contributed by atoms with Gasteiger partial charge >= 0.3 is 0 Å². The lowest BCUT2D eigenvalue weighted by Crippen LogP contribution is -2.37. The Bertz CT molecular complexity index is 797. The Balaban J connectivity index is 1.46. The summed E-state index contributed by atoms with van der Waals surface area (Å²) in [6, 6.07) is 5.94. The first kappa shape index (κ1) is 23.5. The Morgan fingerprint density at radius 1 is 1.19 bits per heavy atom. The number of aliphatic hydroxyl groups is 1. The fraction of sp³-hybridized carbons (Fsp3) is 0.609. The number of hydrogen-bond donors (Lipinski definition) is 2. The summed E-state index contributed by atoms with van der Waals surface area (Å²) >= 11 is 0. The van der Waals surface area contributed by atoms with Crippen LogP contribution < -0.4 is 14.8 Å². The van der Waals surface area contributed by atoms with E-state index in [1.54, 1.807) is 7.11 Å². The zero-order chi connectivity index (χ0) is 22.1. The van der Waals surface area contributed by atoms with Gasteiger partial charge in [0.05, 0.1) is 7.11 Å². The quantitative estimate of drug-likeness (QED) is 0.521. The smallest absolute Gasteiger partial charge is 0.161 e. The van der Waals surface area contributed by atoms with E-state index >= 15 is 0 Å². The van der Waals surface area contributed by atoms with Crippen molar-refractivity contribution in [1.82, 2.24) is 24.7 Å². The number of aromatic nitrogens is 2. The molecule has 0 spiro atoms. The highest BCUT2D eigenvalue weighted by atomic mass is 16.5. The SMILES string of the molecule is COc1ccc(CNCCn2ccnc2C)cc1OCC(O)CN1CCCN(C)CC1. The van der Waals surface area contributed by atoms with Crippen LogP contribution in [-0.4, -0.2) is 90.6 Å². The molecule has 1 unspecified atom stereocenters. The number of imidazole rings is 1. The number of methoxy groups -OCH3 is 1. The van der Waals surface area contributed by atoms with E-state index in [1.807, 2.05) is 37.5 Å². The van der Waals surface area contributed by atoms with Crippen molar-refractivity contribution in [2.75, 3.05) is 60.0 Å². The van der Waals surface area contributed by atoms with E-state index < -0.39 is 6.10 Å². The average molecular weight is 432 g/mol. The zero-order valence-electron chi connectivity index (χ0n) is 19.1. The number of hydrogen-bond acceptors (Lipinski definition) is 7. The van der Waals surface area contributed by atoms with Crippen molar-refractivity contribution in [3.63, 3.8) is 0 Å². The minimum atomic E-state index is -0.534. The van der Waals surface area contributed by atoms with Crippen LogP contribution in [0.4, 0.5) is 0 Å². The van der Waals surface area contributed by atoms with Crippen molar-refractivity contribution < 1.29 is 14.6 Å². The molecule has 1 aromatic carbocycles. The fourth-order valence-corrected chi connectivity index (χ4v) is 3.84. The Labute approximate surface area is 185 Å². The Morgan fingerprint density at radius 3 is 2.84 bits per heavy atom. The maximum Gasteiger partial charge on any atom is 0.161 e. The van der Waals surface area contributed by atoms with E-state index in [0.29, 0.717) is 18.0 Å². The first-order valence-corrected chi connectivity index (χ1v) is 11.1. The van der Waals surface area contributed by atoms with E-state index in [2.05, 4.69) is 31.7 Å². The maximum atomic E-state index is 10.5. The van der Waals surface area contributed by atoms with Crippen molar-refractivity contribution in [3.05, 3.63) is 42.0 Å². The van der Waals surface area contributed by atoms with Crippen molar-refractivity contribution >= 4 is 0 Å². The van der Waals surface area contributed by atoms with Gasteiger partial charge in [0.15, 0.2) is 11.5 Å². The number of β-amino-alcohol motifs (C(OH)–C–C–N with tert-alkyl or cyclic N) is 1. The third-order valence-electron chi connectivity index (χ3n) is 5.72. The van der Waals surface area contributed by atoms with Crippen LogP contribution in [0.3, 0.4) is 0 Å². The Morgan fingerprint density at radius 2 is 2.06 bits per heavy atom. The molecule has 31 heavy (non-hydrogen) atoms. The van der Waals surface area contributed by atoms with E-state index in [0.717, 1.165) is 63.6 Å². The maximum absolute atomic E-state index is 10.5. The summed E-state index contributed by atoms with van der Waals surface area (Å²) in [7, 11) is 3.79. The van der Waals surface area contributed by atoms with Gasteiger partial charge < -0.3 is 29.4 Å². The van der Waals surface area contributed by atoms with Crippen molar-refractivity contribution in [2.24, 2.45) is 0 Å². The van der Waals surface area contributed by atoms with Crippen molar-refractivity contribution in [3.8, 4) is 11.5 Å². The number of ether oxygens (including phenoxy) is 2. The summed E-state index contributed by atoms with van der Waals surface area (Å²) in [5.74, 6) is 2.37. The number of benzene rings is 1. The highest BCUT2D eigenvalue weighted by Gasteiger charge is 2.17. The second-order valence-corrected chi connectivity index (χ2v) is 8.25. The van der Waals surface area contributed by atoms with Gasteiger partial charge in [0, 0.05) is 51.7 Å². The first-order valence-electron chi connectivity index (χ1n) is 11.1. The van der Waals surface area contributed by atoms with E-state index in [9.17, 15) is 5.11 Å². The van der Waals surface area contributed by atoms with Crippen LogP contribution in [0.1, 0.15) is 17.8 Å². The molecule has 0 saturated carbocycles. The molecular formula is C23H37N5O3. The van der Waals surface area contributed by atoms with Crippen LogP contribution in [-0.2, 0) is 13.1 Å². The molecule has 1 aromatic heterocycles. The van der Waals surface area contributed by atoms with Crippen molar-refractivity contribution in [2.45, 2.75) is 32.5 Å². The summed E-state index contributed by atoms with van der Waals surface area (Å²) in [6.45, 7) is 9.50. The van der Waals surface area contributed by atoms with E-state index in [4.69, 9.17) is 9.47 Å². The van der Waals surface area contributed by atoms with Crippen molar-refractivity contribution in [1.29, 1.82) is 0 Å². The highest BCUT2D eigenvalue weighted by Crippen LogP contribution is 2.28. The standard InChI is InChI=1S/C23H37N5O3/c1-19-25-8-12-28(19)11-7-24-16-20-5-6-22(30-3)23(15-20)31-18-21(29)17-27-10-4-9-26(2)13-14-27/h5-6,8,12,15,21,24,29H,4,7,9-11,13-14,16-18H2,1-3H3. The van der Waals surface area contributed by atoms with Gasteiger partial charge in [-0.2, -0.15) is 0 Å². The molecule has 1 saturated heterocycles. The monoisotopic (exact) mass is 431 g/mol. The van der Waals surface area contributed by atoms with E-state index in [-0.39, 0.29) is 6.61 Å². The molecule has 0 amide bonds. The minimum absolute atomic E-state index is 0.249. The van der Waals surface area contributed by atoms with Gasteiger partial charge in [-0.1, -0.05) is 6.07 Å². The van der Waals surface area contributed by atoms with Gasteiger partial charge in [-0.15, -0.1) is 0 Å². The topological polar surface area (TPSA) is 75.0 Å². The Kier molecular flexibility index (Phi) is 9.14. The number of likely N-dealkylation sites (N-methyl/N-ethyl adjacent to an activating group) is 1. The predicted octanol–water partition coefficient (Wildman–Crippen LogP) is 1.37. The number of aryl methyl sites for hydroxylation is 1. The van der Waals surface area contributed by atoms with Crippen LogP contribution >= 0.6 is 0 Å².